The van der Waals surface area contributed by atoms with E-state index in [1.807, 2.05) is 18.2 Å². The number of hydrogen-bond donors (Lipinski definition) is 1. The summed E-state index contributed by atoms with van der Waals surface area (Å²) < 4.78 is 28.2. The van der Waals surface area contributed by atoms with Crippen LogP contribution < -0.4 is 5.32 Å². The highest BCUT2D eigenvalue weighted by Gasteiger charge is 2.36. The van der Waals surface area contributed by atoms with E-state index in [1.165, 1.54) is 9.87 Å². The maximum atomic E-state index is 12.6. The molecule has 0 spiro atoms. The van der Waals surface area contributed by atoms with E-state index in [0.717, 1.165) is 25.1 Å². The van der Waals surface area contributed by atoms with Crippen LogP contribution in [0.2, 0.25) is 0 Å². The van der Waals surface area contributed by atoms with Gasteiger partial charge in [0.1, 0.15) is 0 Å². The number of benzene rings is 1. The Kier molecular flexibility index (Phi) is 4.71. The smallest absolute Gasteiger partial charge is 0.282 e. The third-order valence-corrected chi connectivity index (χ3v) is 6.05. The van der Waals surface area contributed by atoms with Gasteiger partial charge in [-0.3, -0.25) is 0 Å². The summed E-state index contributed by atoms with van der Waals surface area (Å²) in [5.74, 6) is 0. The van der Waals surface area contributed by atoms with E-state index in [1.54, 1.807) is 11.4 Å². The molecule has 7 heteroatoms. The molecule has 1 aromatic rings. The Morgan fingerprint density at radius 1 is 1.25 bits per heavy atom. The number of hydrogen-bond acceptors (Lipinski definition) is 3. The Morgan fingerprint density at radius 3 is 2.50 bits per heavy atom. The second kappa shape index (κ2) is 5.99. The molecular formula is C13H20ClN3O2S. The summed E-state index contributed by atoms with van der Waals surface area (Å²) in [6.45, 7) is 2.56. The first-order valence-electron chi connectivity index (χ1n) is 6.59. The van der Waals surface area contributed by atoms with E-state index in [2.05, 4.69) is 11.4 Å². The molecule has 3 rings (SSSR count). The molecule has 0 aromatic heterocycles. The minimum absolute atomic E-state index is 0. The van der Waals surface area contributed by atoms with Crippen molar-refractivity contribution in [3.63, 3.8) is 0 Å². The minimum Gasteiger partial charge on any atom is -0.313 e. The summed E-state index contributed by atoms with van der Waals surface area (Å²) >= 11 is 0. The summed E-state index contributed by atoms with van der Waals surface area (Å²) in [7, 11) is -1.66. The zero-order valence-corrected chi connectivity index (χ0v) is 13.1. The fraction of sp³-hybridized carbons (Fsp3) is 0.538. The molecule has 2 aliphatic heterocycles. The van der Waals surface area contributed by atoms with Gasteiger partial charge in [-0.25, -0.2) is 0 Å². The molecule has 0 atom stereocenters. The number of rotatable bonds is 3. The molecule has 20 heavy (non-hydrogen) atoms. The zero-order chi connectivity index (χ0) is 13.5. The van der Waals surface area contributed by atoms with Gasteiger partial charge in [0.05, 0.1) is 6.04 Å². The van der Waals surface area contributed by atoms with Crippen molar-refractivity contribution in [3.8, 4) is 0 Å². The lowest BCUT2D eigenvalue weighted by atomic mass is 10.0. The summed E-state index contributed by atoms with van der Waals surface area (Å²) in [6, 6.07) is 8.17. The minimum atomic E-state index is -3.34. The second-order valence-electron chi connectivity index (χ2n) is 5.19. The fourth-order valence-electron chi connectivity index (χ4n) is 2.57. The van der Waals surface area contributed by atoms with Gasteiger partial charge in [-0.15, -0.1) is 12.4 Å². The Labute approximate surface area is 126 Å². The average molecular weight is 318 g/mol. The Morgan fingerprint density at radius 2 is 1.90 bits per heavy atom. The van der Waals surface area contributed by atoms with E-state index in [9.17, 15) is 8.42 Å². The van der Waals surface area contributed by atoms with Crippen LogP contribution in [0.4, 0.5) is 0 Å². The molecule has 2 aliphatic rings. The van der Waals surface area contributed by atoms with E-state index in [-0.39, 0.29) is 18.4 Å². The highest BCUT2D eigenvalue weighted by molar-refractivity contribution is 7.86. The molecule has 1 fully saturated rings. The SMILES string of the molecule is CN(C1CNC1)S(=O)(=O)N1CCc2ccccc2C1.Cl. The maximum absolute atomic E-state index is 12.6. The average Bonchev–Trinajstić information content (AvgIpc) is 2.36. The highest BCUT2D eigenvalue weighted by Crippen LogP contribution is 2.23. The van der Waals surface area contributed by atoms with Gasteiger partial charge in [0.25, 0.3) is 10.2 Å². The van der Waals surface area contributed by atoms with Crippen molar-refractivity contribution >= 4 is 22.6 Å². The lowest BCUT2D eigenvalue weighted by Crippen LogP contribution is -2.60. The predicted octanol–water partition coefficient (Wildman–Crippen LogP) is 0.615. The van der Waals surface area contributed by atoms with Gasteiger partial charge >= 0.3 is 0 Å². The quantitative estimate of drug-likeness (QED) is 0.889. The van der Waals surface area contributed by atoms with Crippen molar-refractivity contribution in [2.24, 2.45) is 0 Å². The van der Waals surface area contributed by atoms with Gasteiger partial charge in [-0.05, 0) is 17.5 Å². The number of nitrogens with one attached hydrogen (secondary N) is 1. The first-order valence-corrected chi connectivity index (χ1v) is 7.99. The van der Waals surface area contributed by atoms with Crippen LogP contribution in [0.25, 0.3) is 0 Å². The highest BCUT2D eigenvalue weighted by atomic mass is 35.5. The molecular weight excluding hydrogens is 298 g/mol. The lowest BCUT2D eigenvalue weighted by molar-refractivity contribution is 0.249. The molecule has 0 amide bonds. The second-order valence-corrected chi connectivity index (χ2v) is 7.18. The molecule has 1 N–H and O–H groups in total. The molecule has 0 unspecified atom stereocenters. The van der Waals surface area contributed by atoms with Crippen LogP contribution in [-0.2, 0) is 23.2 Å². The molecule has 0 bridgehead atoms. The maximum Gasteiger partial charge on any atom is 0.282 e. The van der Waals surface area contributed by atoms with Crippen molar-refractivity contribution in [2.45, 2.75) is 19.0 Å². The van der Waals surface area contributed by atoms with Crippen LogP contribution >= 0.6 is 12.4 Å². The molecule has 1 saturated heterocycles. The number of likely N-dealkylation sites (N-methyl/N-ethyl adjacent to an activating group) is 1. The van der Waals surface area contributed by atoms with Crippen LogP contribution in [0.5, 0.6) is 0 Å². The van der Waals surface area contributed by atoms with Crippen LogP contribution in [0, 0.1) is 0 Å². The number of nitrogens with zero attached hydrogens (tertiary/aromatic N) is 2. The summed E-state index contributed by atoms with van der Waals surface area (Å²) in [5, 5.41) is 3.11. The molecule has 0 radical (unpaired) electrons. The van der Waals surface area contributed by atoms with Gasteiger partial charge in [-0.1, -0.05) is 24.3 Å². The van der Waals surface area contributed by atoms with Crippen LogP contribution in [0.15, 0.2) is 24.3 Å². The monoisotopic (exact) mass is 317 g/mol. The number of fused-ring (bicyclic) bond motifs is 1. The predicted molar refractivity (Wildman–Crippen MR) is 81.1 cm³/mol. The standard InChI is InChI=1S/C13H19N3O2S.ClH/c1-15(13-8-14-9-13)19(17,18)16-7-6-11-4-2-3-5-12(11)10-16;/h2-5,13-14H,6-10H2,1H3;1H. The van der Waals surface area contributed by atoms with Crippen molar-refractivity contribution in [1.82, 2.24) is 13.9 Å². The zero-order valence-electron chi connectivity index (χ0n) is 11.4. The number of halogens is 1. The summed E-state index contributed by atoms with van der Waals surface area (Å²) in [6.07, 6.45) is 0.798. The Balaban J connectivity index is 0.00000147. The molecule has 5 nitrogen and oxygen atoms in total. The van der Waals surface area contributed by atoms with Crippen molar-refractivity contribution in [2.75, 3.05) is 26.7 Å². The van der Waals surface area contributed by atoms with Crippen LogP contribution in [0.3, 0.4) is 0 Å². The van der Waals surface area contributed by atoms with E-state index < -0.39 is 10.2 Å². The Hall–Kier alpha value is -0.660. The molecule has 112 valence electrons. The van der Waals surface area contributed by atoms with Crippen molar-refractivity contribution < 1.29 is 8.42 Å². The lowest BCUT2D eigenvalue weighted by Gasteiger charge is -2.38. The fourth-order valence-corrected chi connectivity index (χ4v) is 4.08. The first-order chi connectivity index (χ1) is 9.09. The van der Waals surface area contributed by atoms with Crippen LogP contribution in [-0.4, -0.2) is 49.8 Å². The van der Waals surface area contributed by atoms with E-state index in [4.69, 9.17) is 0 Å². The molecule has 0 saturated carbocycles. The molecule has 0 aliphatic carbocycles. The van der Waals surface area contributed by atoms with Crippen LogP contribution in [0.1, 0.15) is 11.1 Å². The first kappa shape index (κ1) is 15.7. The Bertz CT molecular complexity index is 575. The van der Waals surface area contributed by atoms with E-state index in [0.29, 0.717) is 13.1 Å². The van der Waals surface area contributed by atoms with Gasteiger partial charge in [-0.2, -0.15) is 17.0 Å². The third kappa shape index (κ3) is 2.71. The normalized spacial score (nSPS) is 20.1. The van der Waals surface area contributed by atoms with E-state index >= 15 is 0 Å². The van der Waals surface area contributed by atoms with Gasteiger partial charge in [0.15, 0.2) is 0 Å². The largest absolute Gasteiger partial charge is 0.313 e. The van der Waals surface area contributed by atoms with Crippen molar-refractivity contribution in [3.05, 3.63) is 35.4 Å². The topological polar surface area (TPSA) is 52.7 Å². The third-order valence-electron chi connectivity index (χ3n) is 4.06. The van der Waals surface area contributed by atoms with Gasteiger partial charge in [0, 0.05) is 33.2 Å². The van der Waals surface area contributed by atoms with Crippen molar-refractivity contribution in [1.29, 1.82) is 0 Å². The summed E-state index contributed by atoms with van der Waals surface area (Å²) in [4.78, 5) is 0. The molecule has 2 heterocycles. The summed E-state index contributed by atoms with van der Waals surface area (Å²) in [5.41, 5.74) is 2.39. The van der Waals surface area contributed by atoms with Gasteiger partial charge in [0.2, 0.25) is 0 Å². The van der Waals surface area contributed by atoms with Gasteiger partial charge < -0.3 is 5.32 Å². The molecule has 1 aromatic carbocycles.